The van der Waals surface area contributed by atoms with Gasteiger partial charge in [-0.05, 0) is 49.1 Å². The number of ether oxygens (including phenoxy) is 1. The highest BCUT2D eigenvalue weighted by atomic mass is 19.4. The van der Waals surface area contributed by atoms with Gasteiger partial charge in [-0.25, -0.2) is 0 Å². The zero-order chi connectivity index (χ0) is 21.6. The number of benzene rings is 2. The minimum Gasteiger partial charge on any atom is -0.333 e. The second-order valence-corrected chi connectivity index (χ2v) is 8.05. The third kappa shape index (κ3) is 3.63. The SMILES string of the molecule is CC1(C)OC2(CC/C2=C\c2cccc(C(F)(F)F)c2)N(OCc2ccccc2)C1=O. The normalized spacial score (nSPS) is 24.5. The standard InChI is InChI=1S/C23H22F3NO3/c1-21(2)20(28)27(29-15-16-7-4-3-5-8-16)22(30-21)12-11-18(22)13-17-9-6-10-19(14-17)23(24,25)26/h3-10,13-14H,11-12,15H2,1-2H3/b18-13+. The van der Waals surface area contributed by atoms with Crippen molar-refractivity contribution in [2.24, 2.45) is 0 Å². The van der Waals surface area contributed by atoms with Crippen LogP contribution in [0.5, 0.6) is 0 Å². The van der Waals surface area contributed by atoms with Crippen molar-refractivity contribution in [1.82, 2.24) is 5.06 Å². The molecule has 0 bridgehead atoms. The van der Waals surface area contributed by atoms with E-state index in [1.807, 2.05) is 30.3 Å². The van der Waals surface area contributed by atoms with E-state index in [1.54, 1.807) is 26.0 Å². The first-order chi connectivity index (χ1) is 14.1. The van der Waals surface area contributed by atoms with Gasteiger partial charge in [-0.3, -0.25) is 9.63 Å². The summed E-state index contributed by atoms with van der Waals surface area (Å²) in [5, 5.41) is 1.27. The minimum atomic E-state index is -4.42. The van der Waals surface area contributed by atoms with Crippen LogP contribution in [0.3, 0.4) is 0 Å². The predicted octanol–water partition coefficient (Wildman–Crippen LogP) is 5.35. The van der Waals surface area contributed by atoms with E-state index in [0.29, 0.717) is 24.0 Å². The van der Waals surface area contributed by atoms with Gasteiger partial charge in [0.05, 0.1) is 5.56 Å². The Kier molecular flexibility index (Phi) is 4.98. The van der Waals surface area contributed by atoms with E-state index >= 15 is 0 Å². The number of halogens is 3. The molecule has 1 unspecified atom stereocenters. The Bertz CT molecular complexity index is 985. The van der Waals surface area contributed by atoms with Gasteiger partial charge in [-0.15, -0.1) is 0 Å². The molecule has 2 aromatic rings. The molecule has 0 N–H and O–H groups in total. The lowest BCUT2D eigenvalue weighted by molar-refractivity contribution is -0.266. The third-order valence-corrected chi connectivity index (χ3v) is 5.44. The van der Waals surface area contributed by atoms with Gasteiger partial charge in [0.1, 0.15) is 12.2 Å². The Morgan fingerprint density at radius 1 is 1.13 bits per heavy atom. The number of rotatable bonds is 4. The van der Waals surface area contributed by atoms with E-state index in [2.05, 4.69) is 0 Å². The molecule has 0 radical (unpaired) electrons. The highest BCUT2D eigenvalue weighted by Crippen LogP contribution is 2.52. The van der Waals surface area contributed by atoms with Gasteiger partial charge in [-0.1, -0.05) is 48.5 Å². The van der Waals surface area contributed by atoms with E-state index in [1.165, 1.54) is 11.1 Å². The van der Waals surface area contributed by atoms with Crippen LogP contribution < -0.4 is 0 Å². The summed E-state index contributed by atoms with van der Waals surface area (Å²) in [7, 11) is 0. The van der Waals surface area contributed by atoms with Gasteiger partial charge in [0.15, 0.2) is 5.72 Å². The minimum absolute atomic E-state index is 0.185. The quantitative estimate of drug-likeness (QED) is 0.673. The summed E-state index contributed by atoms with van der Waals surface area (Å²) in [5.74, 6) is -0.312. The number of amides is 1. The molecule has 1 amide bonds. The Balaban J connectivity index is 1.63. The predicted molar refractivity (Wildman–Crippen MR) is 105 cm³/mol. The van der Waals surface area contributed by atoms with Gasteiger partial charge in [-0.2, -0.15) is 18.2 Å². The van der Waals surface area contributed by atoms with E-state index in [4.69, 9.17) is 9.57 Å². The fraction of sp³-hybridized carbons (Fsp3) is 0.348. The maximum absolute atomic E-state index is 13.1. The molecule has 7 heteroatoms. The van der Waals surface area contributed by atoms with Crippen LogP contribution in [0.2, 0.25) is 0 Å². The molecule has 2 fully saturated rings. The third-order valence-electron chi connectivity index (χ3n) is 5.44. The van der Waals surface area contributed by atoms with Crippen molar-refractivity contribution >= 4 is 12.0 Å². The smallest absolute Gasteiger partial charge is 0.333 e. The zero-order valence-electron chi connectivity index (χ0n) is 16.7. The average molecular weight is 417 g/mol. The van der Waals surface area contributed by atoms with Gasteiger partial charge >= 0.3 is 6.18 Å². The van der Waals surface area contributed by atoms with E-state index < -0.39 is 23.1 Å². The summed E-state index contributed by atoms with van der Waals surface area (Å²) in [6.07, 6.45) is -1.64. The molecular weight excluding hydrogens is 395 g/mol. The van der Waals surface area contributed by atoms with Crippen LogP contribution in [-0.2, 0) is 27.2 Å². The second-order valence-electron chi connectivity index (χ2n) is 8.05. The second kappa shape index (κ2) is 7.25. The van der Waals surface area contributed by atoms with E-state index in [9.17, 15) is 18.0 Å². The molecule has 30 heavy (non-hydrogen) atoms. The van der Waals surface area contributed by atoms with Crippen molar-refractivity contribution in [2.45, 2.75) is 50.8 Å². The molecule has 158 valence electrons. The van der Waals surface area contributed by atoms with Crippen LogP contribution in [0.1, 0.15) is 43.4 Å². The first-order valence-corrected chi connectivity index (χ1v) is 9.72. The summed E-state index contributed by atoms with van der Waals surface area (Å²) >= 11 is 0. The van der Waals surface area contributed by atoms with Crippen LogP contribution in [0.25, 0.3) is 6.08 Å². The lowest BCUT2D eigenvalue weighted by Crippen LogP contribution is -2.53. The fourth-order valence-corrected chi connectivity index (χ4v) is 3.81. The summed E-state index contributed by atoms with van der Waals surface area (Å²) < 4.78 is 45.3. The highest BCUT2D eigenvalue weighted by Gasteiger charge is 2.63. The van der Waals surface area contributed by atoms with Crippen molar-refractivity contribution < 1.29 is 27.5 Å². The van der Waals surface area contributed by atoms with Gasteiger partial charge < -0.3 is 4.74 Å². The Morgan fingerprint density at radius 2 is 1.87 bits per heavy atom. The van der Waals surface area contributed by atoms with E-state index in [0.717, 1.165) is 17.7 Å². The lowest BCUT2D eigenvalue weighted by Gasteiger charge is -2.45. The molecule has 0 aromatic heterocycles. The molecule has 2 aromatic carbocycles. The molecule has 1 spiro atoms. The van der Waals surface area contributed by atoms with E-state index in [-0.39, 0.29) is 12.5 Å². The number of hydrogen-bond acceptors (Lipinski definition) is 3. The monoisotopic (exact) mass is 417 g/mol. The van der Waals surface area contributed by atoms with Crippen molar-refractivity contribution in [2.75, 3.05) is 0 Å². The number of nitrogens with zero attached hydrogens (tertiary/aromatic N) is 1. The Labute approximate surface area is 172 Å². The average Bonchev–Trinajstić information content (AvgIpc) is 2.92. The zero-order valence-corrected chi connectivity index (χ0v) is 16.7. The maximum atomic E-state index is 13.1. The first-order valence-electron chi connectivity index (χ1n) is 9.72. The molecule has 1 heterocycles. The fourth-order valence-electron chi connectivity index (χ4n) is 3.81. The topological polar surface area (TPSA) is 38.8 Å². The van der Waals surface area contributed by atoms with Crippen LogP contribution in [-0.4, -0.2) is 22.3 Å². The van der Waals surface area contributed by atoms with Crippen LogP contribution >= 0.6 is 0 Å². The van der Waals surface area contributed by atoms with Crippen molar-refractivity contribution in [1.29, 1.82) is 0 Å². The number of hydrogen-bond donors (Lipinski definition) is 0. The Morgan fingerprint density at radius 3 is 2.50 bits per heavy atom. The van der Waals surface area contributed by atoms with Crippen molar-refractivity contribution in [3.8, 4) is 0 Å². The van der Waals surface area contributed by atoms with Gasteiger partial charge in [0, 0.05) is 6.42 Å². The summed E-state index contributed by atoms with van der Waals surface area (Å²) in [5.41, 5.74) is -0.885. The number of alkyl halides is 3. The number of hydroxylamine groups is 2. The molecule has 4 nitrogen and oxygen atoms in total. The molecular formula is C23H22F3NO3. The van der Waals surface area contributed by atoms with Crippen molar-refractivity contribution in [3.05, 3.63) is 76.9 Å². The van der Waals surface area contributed by atoms with Crippen LogP contribution in [0, 0.1) is 0 Å². The lowest BCUT2D eigenvalue weighted by atomic mass is 9.80. The van der Waals surface area contributed by atoms with Crippen molar-refractivity contribution in [3.63, 3.8) is 0 Å². The number of carbonyl (C=O) groups is 1. The number of carbonyl (C=O) groups excluding carboxylic acids is 1. The Hall–Kier alpha value is -2.64. The molecule has 1 saturated carbocycles. The molecule has 4 rings (SSSR count). The maximum Gasteiger partial charge on any atom is 0.416 e. The van der Waals surface area contributed by atoms with Gasteiger partial charge in [0.25, 0.3) is 5.91 Å². The molecule has 2 aliphatic rings. The summed E-state index contributed by atoms with van der Waals surface area (Å²) in [4.78, 5) is 18.8. The van der Waals surface area contributed by atoms with Gasteiger partial charge in [0.2, 0.25) is 0 Å². The first kappa shape index (κ1) is 20.6. The molecule has 1 atom stereocenters. The summed E-state index contributed by atoms with van der Waals surface area (Å²) in [6.45, 7) is 3.52. The molecule has 1 aliphatic heterocycles. The van der Waals surface area contributed by atoms with Crippen LogP contribution in [0.4, 0.5) is 13.2 Å². The molecule has 1 aliphatic carbocycles. The largest absolute Gasteiger partial charge is 0.416 e. The summed E-state index contributed by atoms with van der Waals surface area (Å²) in [6, 6.07) is 14.5. The molecule has 1 saturated heterocycles. The highest BCUT2D eigenvalue weighted by molar-refractivity contribution is 5.87. The van der Waals surface area contributed by atoms with Crippen LogP contribution in [0.15, 0.2) is 60.2 Å².